The maximum atomic E-state index is 8.83. The summed E-state index contributed by atoms with van der Waals surface area (Å²) >= 11 is 0. The minimum absolute atomic E-state index is 0.211. The number of aromatic nitrogens is 3. The van der Waals surface area contributed by atoms with Crippen LogP contribution in [0.4, 0.5) is 5.69 Å². The molecule has 6 nitrogen and oxygen atoms in total. The van der Waals surface area contributed by atoms with Crippen LogP contribution in [-0.2, 0) is 0 Å². The topological polar surface area (TPSA) is 89.8 Å². The Balaban J connectivity index is 1.82. The van der Waals surface area contributed by atoms with Gasteiger partial charge in [0.15, 0.2) is 0 Å². The molecule has 3 rings (SSSR count). The number of ether oxygens (including phenoxy) is 1. The van der Waals surface area contributed by atoms with Crippen molar-refractivity contribution in [3.8, 4) is 23.5 Å². The van der Waals surface area contributed by atoms with Crippen molar-refractivity contribution in [1.82, 2.24) is 14.8 Å². The van der Waals surface area contributed by atoms with E-state index < -0.39 is 0 Å². The van der Waals surface area contributed by atoms with Crippen molar-refractivity contribution in [3.63, 3.8) is 0 Å². The van der Waals surface area contributed by atoms with E-state index in [4.69, 9.17) is 15.7 Å². The number of hydrogen-bond donors (Lipinski definition) is 1. The SMILES string of the molecule is N#Cc1ccc(Oc2ncn(-c3ccccc3)n2)cc1N. The molecule has 0 aliphatic heterocycles. The summed E-state index contributed by atoms with van der Waals surface area (Å²) in [5.41, 5.74) is 7.39. The maximum Gasteiger partial charge on any atom is 0.341 e. The number of benzene rings is 2. The van der Waals surface area contributed by atoms with Gasteiger partial charge < -0.3 is 10.5 Å². The zero-order chi connectivity index (χ0) is 14.7. The van der Waals surface area contributed by atoms with Crippen molar-refractivity contribution in [2.24, 2.45) is 0 Å². The van der Waals surface area contributed by atoms with E-state index in [1.54, 1.807) is 29.2 Å². The third-order valence-electron chi connectivity index (χ3n) is 2.84. The van der Waals surface area contributed by atoms with E-state index >= 15 is 0 Å². The number of para-hydroxylation sites is 1. The van der Waals surface area contributed by atoms with Crippen molar-refractivity contribution < 1.29 is 4.74 Å². The van der Waals surface area contributed by atoms with Gasteiger partial charge >= 0.3 is 6.01 Å². The van der Waals surface area contributed by atoms with Crippen molar-refractivity contribution in [2.45, 2.75) is 0 Å². The first-order valence-electron chi connectivity index (χ1n) is 6.21. The van der Waals surface area contributed by atoms with Crippen LogP contribution < -0.4 is 10.5 Å². The quantitative estimate of drug-likeness (QED) is 0.743. The number of hydrogen-bond acceptors (Lipinski definition) is 5. The average Bonchev–Trinajstić information content (AvgIpc) is 2.97. The fraction of sp³-hybridized carbons (Fsp3) is 0. The van der Waals surface area contributed by atoms with E-state index in [1.807, 2.05) is 36.4 Å². The number of nitrogen functional groups attached to an aromatic ring is 1. The van der Waals surface area contributed by atoms with Gasteiger partial charge in [0, 0.05) is 6.07 Å². The minimum atomic E-state index is 0.211. The highest BCUT2D eigenvalue weighted by molar-refractivity contribution is 5.57. The Morgan fingerprint density at radius 2 is 1.95 bits per heavy atom. The highest BCUT2D eigenvalue weighted by Gasteiger charge is 2.06. The van der Waals surface area contributed by atoms with Crippen LogP contribution in [-0.4, -0.2) is 14.8 Å². The molecule has 3 aromatic rings. The lowest BCUT2D eigenvalue weighted by atomic mass is 10.2. The summed E-state index contributed by atoms with van der Waals surface area (Å²) in [5, 5.41) is 13.1. The number of rotatable bonds is 3. The Morgan fingerprint density at radius 3 is 2.67 bits per heavy atom. The molecule has 1 heterocycles. The van der Waals surface area contributed by atoms with Gasteiger partial charge in [-0.3, -0.25) is 0 Å². The predicted octanol–water partition coefficient (Wildman–Crippen LogP) is 2.51. The van der Waals surface area contributed by atoms with E-state index in [2.05, 4.69) is 10.1 Å². The molecule has 0 aliphatic rings. The first-order valence-corrected chi connectivity index (χ1v) is 6.21. The Hall–Kier alpha value is -3.33. The molecular weight excluding hydrogens is 266 g/mol. The van der Waals surface area contributed by atoms with Gasteiger partial charge in [0.25, 0.3) is 0 Å². The molecule has 2 aromatic carbocycles. The van der Waals surface area contributed by atoms with Crippen LogP contribution in [0, 0.1) is 11.3 Å². The fourth-order valence-electron chi connectivity index (χ4n) is 1.81. The van der Waals surface area contributed by atoms with Gasteiger partial charge in [0.2, 0.25) is 0 Å². The predicted molar refractivity (Wildman–Crippen MR) is 77.0 cm³/mol. The molecule has 0 atom stereocenters. The number of anilines is 1. The molecule has 0 amide bonds. The Bertz CT molecular complexity index is 804. The van der Waals surface area contributed by atoms with Gasteiger partial charge in [-0.2, -0.15) is 10.2 Å². The standard InChI is InChI=1S/C15H11N5O/c16-9-11-6-7-13(8-14(11)17)21-15-18-10-20(19-15)12-4-2-1-3-5-12/h1-8,10H,17H2. The Kier molecular flexibility index (Phi) is 3.23. The molecule has 21 heavy (non-hydrogen) atoms. The molecule has 6 heteroatoms. The van der Waals surface area contributed by atoms with Gasteiger partial charge in [-0.05, 0) is 24.3 Å². The fourth-order valence-corrected chi connectivity index (χ4v) is 1.81. The monoisotopic (exact) mass is 277 g/mol. The molecule has 0 aliphatic carbocycles. The van der Waals surface area contributed by atoms with Crippen molar-refractivity contribution in [2.75, 3.05) is 5.73 Å². The van der Waals surface area contributed by atoms with Gasteiger partial charge in [0.1, 0.15) is 18.1 Å². The first kappa shape index (κ1) is 12.7. The van der Waals surface area contributed by atoms with Gasteiger partial charge in [-0.25, -0.2) is 4.68 Å². The second kappa shape index (κ2) is 5.35. The molecule has 2 N–H and O–H groups in total. The summed E-state index contributed by atoms with van der Waals surface area (Å²) < 4.78 is 7.14. The summed E-state index contributed by atoms with van der Waals surface area (Å²) in [4.78, 5) is 4.08. The molecule has 0 radical (unpaired) electrons. The first-order chi connectivity index (χ1) is 10.3. The zero-order valence-electron chi connectivity index (χ0n) is 11.0. The van der Waals surface area contributed by atoms with Crippen molar-refractivity contribution >= 4 is 5.69 Å². The molecule has 0 fully saturated rings. The van der Waals surface area contributed by atoms with Crippen LogP contribution in [0.5, 0.6) is 11.8 Å². The largest absolute Gasteiger partial charge is 0.423 e. The molecule has 0 saturated carbocycles. The summed E-state index contributed by atoms with van der Waals surface area (Å²) in [6.45, 7) is 0. The van der Waals surface area contributed by atoms with E-state index in [1.165, 1.54) is 0 Å². The van der Waals surface area contributed by atoms with Crippen LogP contribution in [0.3, 0.4) is 0 Å². The molecule has 0 bridgehead atoms. The molecule has 0 saturated heterocycles. The van der Waals surface area contributed by atoms with Crippen LogP contribution >= 0.6 is 0 Å². The lowest BCUT2D eigenvalue weighted by molar-refractivity contribution is 0.441. The average molecular weight is 277 g/mol. The van der Waals surface area contributed by atoms with Gasteiger partial charge in [-0.15, -0.1) is 5.10 Å². The molecule has 102 valence electrons. The van der Waals surface area contributed by atoms with Gasteiger partial charge in [0.05, 0.1) is 16.9 Å². The number of nitrogens with zero attached hydrogens (tertiary/aromatic N) is 4. The highest BCUT2D eigenvalue weighted by Crippen LogP contribution is 2.23. The third-order valence-corrected chi connectivity index (χ3v) is 2.84. The van der Waals surface area contributed by atoms with Crippen LogP contribution in [0.2, 0.25) is 0 Å². The summed E-state index contributed by atoms with van der Waals surface area (Å²) in [6.07, 6.45) is 1.57. The summed E-state index contributed by atoms with van der Waals surface area (Å²) in [7, 11) is 0. The lowest BCUT2D eigenvalue weighted by Gasteiger charge is -2.03. The smallest absolute Gasteiger partial charge is 0.341 e. The van der Waals surface area contributed by atoms with Crippen LogP contribution in [0.15, 0.2) is 54.9 Å². The van der Waals surface area contributed by atoms with Gasteiger partial charge in [-0.1, -0.05) is 18.2 Å². The molecule has 1 aromatic heterocycles. The maximum absolute atomic E-state index is 8.83. The van der Waals surface area contributed by atoms with E-state index in [0.717, 1.165) is 5.69 Å². The summed E-state index contributed by atoms with van der Waals surface area (Å²) in [6, 6.07) is 16.6. The number of nitrogens with two attached hydrogens (primary N) is 1. The lowest BCUT2D eigenvalue weighted by Crippen LogP contribution is -1.95. The van der Waals surface area contributed by atoms with E-state index in [0.29, 0.717) is 17.0 Å². The number of nitriles is 1. The minimum Gasteiger partial charge on any atom is -0.423 e. The highest BCUT2D eigenvalue weighted by atomic mass is 16.5. The molecule has 0 spiro atoms. The van der Waals surface area contributed by atoms with E-state index in [-0.39, 0.29) is 6.01 Å². The summed E-state index contributed by atoms with van der Waals surface area (Å²) in [5.74, 6) is 0.484. The van der Waals surface area contributed by atoms with Crippen molar-refractivity contribution in [3.05, 3.63) is 60.4 Å². The Morgan fingerprint density at radius 1 is 1.14 bits per heavy atom. The second-order valence-corrected chi connectivity index (χ2v) is 4.27. The van der Waals surface area contributed by atoms with Crippen molar-refractivity contribution in [1.29, 1.82) is 5.26 Å². The Labute approximate surface area is 121 Å². The molecular formula is C15H11N5O. The van der Waals surface area contributed by atoms with Crippen LogP contribution in [0.25, 0.3) is 5.69 Å². The normalized spacial score (nSPS) is 10.0. The molecule has 0 unspecified atom stereocenters. The van der Waals surface area contributed by atoms with E-state index in [9.17, 15) is 0 Å². The second-order valence-electron chi connectivity index (χ2n) is 4.27. The third kappa shape index (κ3) is 2.67. The zero-order valence-corrected chi connectivity index (χ0v) is 11.0. The van der Waals surface area contributed by atoms with Crippen LogP contribution in [0.1, 0.15) is 5.56 Å².